The Bertz CT molecular complexity index is 372. The van der Waals surface area contributed by atoms with Crippen LogP contribution in [-0.4, -0.2) is 50.5 Å². The smallest absolute Gasteiger partial charge is 0.381 e. The normalized spacial score (nSPS) is 35.9. The van der Waals surface area contributed by atoms with E-state index in [1.54, 1.807) is 0 Å². The van der Waals surface area contributed by atoms with Gasteiger partial charge in [-0.15, -0.1) is 0 Å². The third-order valence-corrected chi connectivity index (χ3v) is 4.94. The molecule has 1 saturated carbocycles. The fraction of sp³-hybridized carbons (Fsp3) is 1.00. The van der Waals surface area contributed by atoms with Gasteiger partial charge in [0.05, 0.1) is 31.8 Å². The Balaban J connectivity index is 1.43. The van der Waals surface area contributed by atoms with Gasteiger partial charge in [-0.05, 0) is 19.3 Å². The Morgan fingerprint density at radius 3 is 2.64 bits per heavy atom. The second-order valence-electron chi connectivity index (χ2n) is 6.58. The maximum atomic E-state index is 12.8. The number of rotatable bonds is 3. The van der Waals surface area contributed by atoms with Gasteiger partial charge >= 0.3 is 6.18 Å². The molecule has 1 N–H and O–H groups in total. The molecule has 0 unspecified atom stereocenters. The highest BCUT2D eigenvalue weighted by Crippen LogP contribution is 2.38. The molecule has 22 heavy (non-hydrogen) atoms. The lowest BCUT2D eigenvalue weighted by Crippen LogP contribution is -2.43. The number of halogens is 3. The summed E-state index contributed by atoms with van der Waals surface area (Å²) in [4.78, 5) is 0. The summed E-state index contributed by atoms with van der Waals surface area (Å²) in [5, 5.41) is 3.25. The van der Waals surface area contributed by atoms with Crippen molar-refractivity contribution in [3.05, 3.63) is 0 Å². The van der Waals surface area contributed by atoms with Gasteiger partial charge in [-0.1, -0.05) is 6.42 Å². The summed E-state index contributed by atoms with van der Waals surface area (Å²) in [6.07, 6.45) is -0.829. The van der Waals surface area contributed by atoms with E-state index in [9.17, 15) is 13.2 Å². The van der Waals surface area contributed by atoms with Gasteiger partial charge in [-0.2, -0.15) is 13.2 Å². The third-order valence-electron chi connectivity index (χ3n) is 4.94. The molecule has 2 aliphatic heterocycles. The van der Waals surface area contributed by atoms with Crippen LogP contribution in [0, 0.1) is 5.92 Å². The Kier molecular flexibility index (Phi) is 4.97. The predicted octanol–water partition coefficient (Wildman–Crippen LogP) is 2.62. The number of hydrogen-bond acceptors (Lipinski definition) is 4. The predicted molar refractivity (Wildman–Crippen MR) is 73.4 cm³/mol. The topological polar surface area (TPSA) is 39.7 Å². The molecule has 1 spiro atoms. The summed E-state index contributed by atoms with van der Waals surface area (Å²) in [6, 6.07) is -0.0739. The van der Waals surface area contributed by atoms with E-state index in [1.807, 2.05) is 0 Å². The summed E-state index contributed by atoms with van der Waals surface area (Å²) < 4.78 is 55.5. The van der Waals surface area contributed by atoms with Crippen molar-refractivity contribution in [2.24, 2.45) is 5.92 Å². The largest absolute Gasteiger partial charge is 0.391 e. The molecule has 3 aliphatic rings. The molecule has 3 fully saturated rings. The van der Waals surface area contributed by atoms with Crippen LogP contribution in [0.5, 0.6) is 0 Å². The molecular weight excluding hydrogens is 299 g/mol. The highest BCUT2D eigenvalue weighted by molar-refractivity contribution is 4.85. The van der Waals surface area contributed by atoms with Gasteiger partial charge in [0, 0.05) is 25.4 Å². The minimum absolute atomic E-state index is 0.0739. The van der Waals surface area contributed by atoms with E-state index in [-0.39, 0.29) is 25.0 Å². The van der Waals surface area contributed by atoms with Crippen molar-refractivity contribution in [3.63, 3.8) is 0 Å². The number of ether oxygens (including phenoxy) is 3. The van der Waals surface area contributed by atoms with Crippen molar-refractivity contribution < 1.29 is 27.4 Å². The average molecular weight is 323 g/mol. The molecule has 2 saturated heterocycles. The Hall–Kier alpha value is -0.370. The van der Waals surface area contributed by atoms with Crippen LogP contribution in [-0.2, 0) is 14.2 Å². The standard InChI is InChI=1S/C15H24F3NO3/c16-15(17,18)11-2-1-3-12(8-11)19-9-13-10-21-14(22-13)4-6-20-7-5-14/h11-13,19H,1-10H2/t11-,12-,13+/m1/s1. The van der Waals surface area contributed by atoms with Gasteiger partial charge in [-0.25, -0.2) is 0 Å². The maximum Gasteiger partial charge on any atom is 0.391 e. The summed E-state index contributed by atoms with van der Waals surface area (Å²) in [5.41, 5.74) is 0. The zero-order valence-corrected chi connectivity index (χ0v) is 12.7. The molecule has 4 nitrogen and oxygen atoms in total. The monoisotopic (exact) mass is 323 g/mol. The minimum Gasteiger partial charge on any atom is -0.381 e. The lowest BCUT2D eigenvalue weighted by atomic mass is 9.85. The van der Waals surface area contributed by atoms with Crippen LogP contribution in [0.25, 0.3) is 0 Å². The quantitative estimate of drug-likeness (QED) is 0.867. The highest BCUT2D eigenvalue weighted by Gasteiger charge is 2.44. The fourth-order valence-electron chi connectivity index (χ4n) is 3.63. The second-order valence-corrected chi connectivity index (χ2v) is 6.58. The summed E-state index contributed by atoms with van der Waals surface area (Å²) in [5.74, 6) is -1.69. The molecular formula is C15H24F3NO3. The van der Waals surface area contributed by atoms with E-state index in [0.717, 1.165) is 19.3 Å². The van der Waals surface area contributed by atoms with Gasteiger partial charge in [0.1, 0.15) is 0 Å². The van der Waals surface area contributed by atoms with E-state index >= 15 is 0 Å². The minimum atomic E-state index is -4.07. The molecule has 2 heterocycles. The van der Waals surface area contributed by atoms with Crippen LogP contribution < -0.4 is 5.32 Å². The molecule has 3 rings (SSSR count). The van der Waals surface area contributed by atoms with Crippen molar-refractivity contribution in [1.29, 1.82) is 0 Å². The molecule has 1 aliphatic carbocycles. The van der Waals surface area contributed by atoms with Gasteiger partial charge < -0.3 is 19.5 Å². The van der Waals surface area contributed by atoms with Crippen LogP contribution in [0.2, 0.25) is 0 Å². The number of nitrogens with one attached hydrogen (secondary N) is 1. The number of hydrogen-bond donors (Lipinski definition) is 1. The van der Waals surface area contributed by atoms with Crippen molar-refractivity contribution >= 4 is 0 Å². The van der Waals surface area contributed by atoms with Gasteiger partial charge in [-0.3, -0.25) is 0 Å². The van der Waals surface area contributed by atoms with E-state index in [2.05, 4.69) is 5.32 Å². The molecule has 0 aromatic rings. The van der Waals surface area contributed by atoms with E-state index in [0.29, 0.717) is 32.8 Å². The second kappa shape index (κ2) is 6.63. The molecule has 0 aromatic heterocycles. The zero-order valence-electron chi connectivity index (χ0n) is 12.7. The summed E-state index contributed by atoms with van der Waals surface area (Å²) in [7, 11) is 0. The lowest BCUT2D eigenvalue weighted by Gasteiger charge is -2.33. The molecule has 128 valence electrons. The van der Waals surface area contributed by atoms with Gasteiger partial charge in [0.25, 0.3) is 0 Å². The Morgan fingerprint density at radius 2 is 1.91 bits per heavy atom. The summed E-state index contributed by atoms with van der Waals surface area (Å²) >= 11 is 0. The van der Waals surface area contributed by atoms with Crippen LogP contribution >= 0.6 is 0 Å². The third kappa shape index (κ3) is 3.93. The highest BCUT2D eigenvalue weighted by atomic mass is 19.4. The zero-order chi connectivity index (χ0) is 15.6. The molecule has 0 radical (unpaired) electrons. The van der Waals surface area contributed by atoms with E-state index in [4.69, 9.17) is 14.2 Å². The SMILES string of the molecule is FC(F)(F)[C@@H]1CCC[C@@H](NC[C@H]2COC3(CCOCC3)O2)C1. The number of alkyl halides is 3. The first kappa shape index (κ1) is 16.5. The van der Waals surface area contributed by atoms with Crippen LogP contribution in [0.4, 0.5) is 13.2 Å². The lowest BCUT2D eigenvalue weighted by molar-refractivity contribution is -0.210. The first-order valence-corrected chi connectivity index (χ1v) is 8.16. The first-order valence-electron chi connectivity index (χ1n) is 8.16. The van der Waals surface area contributed by atoms with E-state index < -0.39 is 17.9 Å². The molecule has 0 aromatic carbocycles. The molecule has 7 heteroatoms. The fourth-order valence-corrected chi connectivity index (χ4v) is 3.63. The average Bonchev–Trinajstić information content (AvgIpc) is 2.88. The van der Waals surface area contributed by atoms with Crippen LogP contribution in [0.3, 0.4) is 0 Å². The summed E-state index contributed by atoms with van der Waals surface area (Å²) in [6.45, 7) is 2.33. The molecule has 0 amide bonds. The first-order chi connectivity index (χ1) is 10.5. The molecule has 0 bridgehead atoms. The maximum absolute atomic E-state index is 12.8. The van der Waals surface area contributed by atoms with Crippen molar-refractivity contribution in [3.8, 4) is 0 Å². The van der Waals surface area contributed by atoms with E-state index in [1.165, 1.54) is 0 Å². The van der Waals surface area contributed by atoms with Crippen LogP contribution in [0.15, 0.2) is 0 Å². The van der Waals surface area contributed by atoms with Crippen LogP contribution in [0.1, 0.15) is 38.5 Å². The van der Waals surface area contributed by atoms with Crippen molar-refractivity contribution in [1.82, 2.24) is 5.32 Å². The van der Waals surface area contributed by atoms with Crippen molar-refractivity contribution in [2.45, 2.75) is 62.6 Å². The van der Waals surface area contributed by atoms with Crippen molar-refractivity contribution in [2.75, 3.05) is 26.4 Å². The molecule has 3 atom stereocenters. The van der Waals surface area contributed by atoms with Gasteiger partial charge in [0.2, 0.25) is 0 Å². The Morgan fingerprint density at radius 1 is 1.14 bits per heavy atom. The Labute approximate surface area is 128 Å². The van der Waals surface area contributed by atoms with Gasteiger partial charge in [0.15, 0.2) is 5.79 Å².